The van der Waals surface area contributed by atoms with Crippen LogP contribution in [0.2, 0.25) is 0 Å². The number of aryl methyl sites for hydroxylation is 1. The molecule has 1 heterocycles. The van der Waals surface area contributed by atoms with Gasteiger partial charge in [-0.1, -0.05) is 0 Å². The zero-order chi connectivity index (χ0) is 16.3. The van der Waals surface area contributed by atoms with Crippen molar-refractivity contribution in [1.29, 1.82) is 5.26 Å². The van der Waals surface area contributed by atoms with Gasteiger partial charge < -0.3 is 9.47 Å². The van der Waals surface area contributed by atoms with Gasteiger partial charge in [-0.25, -0.2) is 0 Å². The summed E-state index contributed by atoms with van der Waals surface area (Å²) in [7, 11) is -2.96. The summed E-state index contributed by atoms with van der Waals surface area (Å²) in [6.45, 7) is 1.65. The van der Waals surface area contributed by atoms with Crippen LogP contribution >= 0.6 is 0 Å². The smallest absolute Gasteiger partial charge is 0.294 e. The van der Waals surface area contributed by atoms with Gasteiger partial charge in [0, 0.05) is 6.07 Å². The van der Waals surface area contributed by atoms with Crippen molar-refractivity contribution in [2.45, 2.75) is 11.8 Å². The van der Waals surface area contributed by atoms with Crippen molar-refractivity contribution < 1.29 is 22.4 Å². The van der Waals surface area contributed by atoms with Gasteiger partial charge in [-0.2, -0.15) is 13.7 Å². The molecule has 0 radical (unpaired) electrons. The zero-order valence-electron chi connectivity index (χ0n) is 11.8. The molecule has 0 spiro atoms. The summed E-state index contributed by atoms with van der Waals surface area (Å²) in [6.07, 6.45) is 2.68. The Morgan fingerprint density at radius 1 is 1.23 bits per heavy atom. The highest BCUT2D eigenvalue weighted by molar-refractivity contribution is 7.85. The largest absolute Gasteiger partial charge is 0.494 e. The van der Waals surface area contributed by atoms with Crippen LogP contribution in [0.15, 0.2) is 35.5 Å². The Bertz CT molecular complexity index is 856. The van der Waals surface area contributed by atoms with Crippen LogP contribution in [-0.2, 0) is 10.1 Å². The molecule has 1 aromatic carbocycles. The number of hydrogen-bond acceptors (Lipinski definition) is 6. The van der Waals surface area contributed by atoms with E-state index in [0.717, 1.165) is 6.07 Å². The molecule has 1 N–H and O–H groups in total. The van der Waals surface area contributed by atoms with Gasteiger partial charge in [-0.3, -0.25) is 9.54 Å². The van der Waals surface area contributed by atoms with E-state index < -0.39 is 10.1 Å². The van der Waals surface area contributed by atoms with Crippen molar-refractivity contribution >= 4 is 10.1 Å². The van der Waals surface area contributed by atoms with Crippen LogP contribution < -0.4 is 9.47 Å². The van der Waals surface area contributed by atoms with Crippen LogP contribution in [0.5, 0.6) is 17.2 Å². The lowest BCUT2D eigenvalue weighted by atomic mass is 10.2. The Hall–Kier alpha value is -2.63. The van der Waals surface area contributed by atoms with Crippen molar-refractivity contribution in [1.82, 2.24) is 4.98 Å². The van der Waals surface area contributed by atoms with E-state index in [4.69, 9.17) is 14.0 Å². The van der Waals surface area contributed by atoms with Crippen molar-refractivity contribution in [2.75, 3.05) is 7.11 Å². The van der Waals surface area contributed by atoms with E-state index in [9.17, 15) is 13.7 Å². The highest BCUT2D eigenvalue weighted by Gasteiger charge is 2.15. The van der Waals surface area contributed by atoms with Crippen LogP contribution in [0.1, 0.15) is 11.1 Å². The number of ether oxygens (including phenoxy) is 2. The summed E-state index contributed by atoms with van der Waals surface area (Å²) in [5.41, 5.74) is 0.701. The van der Waals surface area contributed by atoms with Gasteiger partial charge in [0.1, 0.15) is 17.4 Å². The van der Waals surface area contributed by atoms with Gasteiger partial charge >= 0.3 is 0 Å². The fourth-order valence-electron chi connectivity index (χ4n) is 1.81. The molecule has 114 valence electrons. The fraction of sp³-hybridized carbons (Fsp3) is 0.143. The Balaban J connectivity index is 2.49. The third kappa shape index (κ3) is 3.33. The molecule has 0 amide bonds. The molecule has 0 bridgehead atoms. The molecule has 0 aliphatic heterocycles. The first-order valence-electron chi connectivity index (χ1n) is 6.04. The van der Waals surface area contributed by atoms with Crippen LogP contribution in [0.25, 0.3) is 0 Å². The third-order valence-corrected chi connectivity index (χ3v) is 3.59. The summed E-state index contributed by atoms with van der Waals surface area (Å²) >= 11 is 0. The lowest BCUT2D eigenvalue weighted by Crippen LogP contribution is -2.00. The van der Waals surface area contributed by atoms with Gasteiger partial charge in [0.05, 0.1) is 24.4 Å². The molecular formula is C14H12N2O5S. The maximum absolute atomic E-state index is 11.2. The highest BCUT2D eigenvalue weighted by atomic mass is 32.2. The van der Waals surface area contributed by atoms with Crippen LogP contribution in [0.4, 0.5) is 0 Å². The maximum Gasteiger partial charge on any atom is 0.294 e. The lowest BCUT2D eigenvalue weighted by Gasteiger charge is -2.11. The molecule has 0 atom stereocenters. The number of methoxy groups -OCH3 is 1. The molecule has 0 unspecified atom stereocenters. The average molecular weight is 320 g/mol. The summed E-state index contributed by atoms with van der Waals surface area (Å²) < 4.78 is 42.1. The second-order valence-electron chi connectivity index (χ2n) is 4.39. The Kier molecular flexibility index (Phi) is 4.30. The van der Waals surface area contributed by atoms with Crippen molar-refractivity contribution in [3.63, 3.8) is 0 Å². The van der Waals surface area contributed by atoms with E-state index in [1.807, 2.05) is 6.07 Å². The SMILES string of the molecule is COc1cncc(Oc2cc(C)cc(S(=O)(=O)O)c2)c1C#N. The summed E-state index contributed by atoms with van der Waals surface area (Å²) in [6, 6.07) is 5.96. The summed E-state index contributed by atoms with van der Waals surface area (Å²) in [5.74, 6) is 0.510. The molecule has 0 saturated carbocycles. The molecule has 2 rings (SSSR count). The minimum Gasteiger partial charge on any atom is -0.494 e. The van der Waals surface area contributed by atoms with Crippen molar-refractivity contribution in [2.24, 2.45) is 0 Å². The van der Waals surface area contributed by atoms with Crippen LogP contribution in [-0.4, -0.2) is 25.1 Å². The van der Waals surface area contributed by atoms with E-state index in [2.05, 4.69) is 4.98 Å². The molecule has 22 heavy (non-hydrogen) atoms. The number of aromatic nitrogens is 1. The average Bonchev–Trinajstić information content (AvgIpc) is 2.45. The molecule has 7 nitrogen and oxygen atoms in total. The molecule has 1 aromatic heterocycles. The minimum absolute atomic E-state index is 0.119. The number of hydrogen-bond donors (Lipinski definition) is 1. The predicted octanol–water partition coefficient (Wildman–Crippen LogP) is 2.31. The Labute approximate surface area is 127 Å². The maximum atomic E-state index is 11.2. The predicted molar refractivity (Wildman–Crippen MR) is 76.6 cm³/mol. The fourth-order valence-corrected chi connectivity index (χ4v) is 2.41. The van der Waals surface area contributed by atoms with Crippen molar-refractivity contribution in [3.8, 4) is 23.3 Å². The molecule has 2 aromatic rings. The number of nitrogens with zero attached hydrogens (tertiary/aromatic N) is 2. The quantitative estimate of drug-likeness (QED) is 0.861. The molecule has 0 aliphatic carbocycles. The van der Waals surface area contributed by atoms with E-state index in [1.54, 1.807) is 13.0 Å². The second-order valence-corrected chi connectivity index (χ2v) is 5.81. The van der Waals surface area contributed by atoms with E-state index in [1.165, 1.54) is 25.6 Å². The summed E-state index contributed by atoms with van der Waals surface area (Å²) in [5, 5.41) is 9.17. The second kappa shape index (κ2) is 6.01. The van der Waals surface area contributed by atoms with E-state index in [0.29, 0.717) is 5.56 Å². The first kappa shape index (κ1) is 15.8. The minimum atomic E-state index is -4.35. The standard InChI is InChI=1S/C14H12N2O5S/c1-9-3-10(5-11(4-9)22(17,18)19)21-14-8-16-7-13(20-2)12(14)6-15/h3-5,7-8H,1-2H3,(H,17,18,19). The van der Waals surface area contributed by atoms with Gasteiger partial charge in [-0.15, -0.1) is 0 Å². The van der Waals surface area contributed by atoms with Crippen molar-refractivity contribution in [3.05, 3.63) is 41.7 Å². The van der Waals surface area contributed by atoms with Gasteiger partial charge in [0.2, 0.25) is 0 Å². The number of benzene rings is 1. The number of nitriles is 1. The number of pyridine rings is 1. The topological polar surface area (TPSA) is 110 Å². The van der Waals surface area contributed by atoms with E-state index >= 15 is 0 Å². The van der Waals surface area contributed by atoms with Crippen LogP contribution in [0, 0.1) is 18.3 Å². The lowest BCUT2D eigenvalue weighted by molar-refractivity contribution is 0.404. The van der Waals surface area contributed by atoms with Crippen LogP contribution in [0.3, 0.4) is 0 Å². The first-order chi connectivity index (χ1) is 10.3. The molecule has 0 aliphatic rings. The zero-order valence-corrected chi connectivity index (χ0v) is 12.6. The Morgan fingerprint density at radius 2 is 1.91 bits per heavy atom. The van der Waals surface area contributed by atoms with Gasteiger partial charge in [-0.05, 0) is 24.6 Å². The normalized spacial score (nSPS) is 10.8. The highest BCUT2D eigenvalue weighted by Crippen LogP contribution is 2.31. The summed E-state index contributed by atoms with van der Waals surface area (Å²) in [4.78, 5) is 3.59. The van der Waals surface area contributed by atoms with Gasteiger partial charge in [0.25, 0.3) is 10.1 Å². The molecule has 8 heteroatoms. The Morgan fingerprint density at radius 3 is 2.50 bits per heavy atom. The molecular weight excluding hydrogens is 308 g/mol. The first-order valence-corrected chi connectivity index (χ1v) is 7.48. The monoisotopic (exact) mass is 320 g/mol. The van der Waals surface area contributed by atoms with E-state index in [-0.39, 0.29) is 27.7 Å². The number of rotatable bonds is 4. The molecule has 0 saturated heterocycles. The van der Waals surface area contributed by atoms with Gasteiger partial charge in [0.15, 0.2) is 11.5 Å². The third-order valence-electron chi connectivity index (χ3n) is 2.76. The molecule has 0 fully saturated rings.